The van der Waals surface area contributed by atoms with Gasteiger partial charge in [0.25, 0.3) is 0 Å². The molecule has 0 radical (unpaired) electrons. The van der Waals surface area contributed by atoms with Gasteiger partial charge >= 0.3 is 0 Å². The number of ether oxygens (including phenoxy) is 1. The van der Waals surface area contributed by atoms with Gasteiger partial charge in [-0.1, -0.05) is 26.0 Å². The largest absolute Gasteiger partial charge is 0.497 e. The molecule has 2 unspecified atom stereocenters. The molecule has 1 aliphatic heterocycles. The molecular weight excluding hydrogens is 260 g/mol. The van der Waals surface area contributed by atoms with E-state index < -0.39 is 0 Å². The maximum absolute atomic E-state index is 5.36. The minimum atomic E-state index is 0.616. The second-order valence-electron chi connectivity index (χ2n) is 6.94. The Morgan fingerprint density at radius 3 is 2.81 bits per heavy atom. The summed E-state index contributed by atoms with van der Waals surface area (Å²) in [5.41, 5.74) is 1.37. The lowest BCUT2D eigenvalue weighted by Gasteiger charge is -2.42. The van der Waals surface area contributed by atoms with E-state index in [-0.39, 0.29) is 0 Å². The smallest absolute Gasteiger partial charge is 0.119 e. The summed E-state index contributed by atoms with van der Waals surface area (Å²) in [6.45, 7) is 7.99. The van der Waals surface area contributed by atoms with Crippen molar-refractivity contribution in [3.8, 4) is 5.75 Å². The third-order valence-electron chi connectivity index (χ3n) is 4.98. The standard InChI is InChI=1S/C18H28N2O/c1-13(2)17-12-20(18(10-19-17)15-7-8-15)11-14-5-4-6-16(9-14)21-3/h4-6,9,13,15,17-19H,7-8,10-12H2,1-3H3. The van der Waals surface area contributed by atoms with Crippen LogP contribution in [0.3, 0.4) is 0 Å². The van der Waals surface area contributed by atoms with Gasteiger partial charge in [0.1, 0.15) is 5.75 Å². The lowest BCUT2D eigenvalue weighted by molar-refractivity contribution is 0.0926. The van der Waals surface area contributed by atoms with Gasteiger partial charge in [-0.25, -0.2) is 0 Å². The Balaban J connectivity index is 1.72. The monoisotopic (exact) mass is 288 g/mol. The van der Waals surface area contributed by atoms with Gasteiger partial charge in [0.05, 0.1) is 7.11 Å². The van der Waals surface area contributed by atoms with Crippen LogP contribution >= 0.6 is 0 Å². The van der Waals surface area contributed by atoms with Gasteiger partial charge in [-0.05, 0) is 42.4 Å². The molecule has 2 aliphatic rings. The molecule has 1 N–H and O–H groups in total. The normalized spacial score (nSPS) is 27.0. The first kappa shape index (κ1) is 14.9. The third-order valence-corrected chi connectivity index (χ3v) is 4.98. The van der Waals surface area contributed by atoms with Crippen molar-refractivity contribution in [1.82, 2.24) is 10.2 Å². The summed E-state index contributed by atoms with van der Waals surface area (Å²) in [5, 5.41) is 3.76. The van der Waals surface area contributed by atoms with Crippen molar-refractivity contribution >= 4 is 0 Å². The maximum atomic E-state index is 5.36. The van der Waals surface area contributed by atoms with E-state index in [4.69, 9.17) is 4.74 Å². The molecule has 3 heteroatoms. The van der Waals surface area contributed by atoms with E-state index in [9.17, 15) is 0 Å². The molecule has 1 saturated heterocycles. The van der Waals surface area contributed by atoms with Gasteiger partial charge in [-0.2, -0.15) is 0 Å². The molecule has 2 atom stereocenters. The summed E-state index contributed by atoms with van der Waals surface area (Å²) in [6.07, 6.45) is 2.82. The van der Waals surface area contributed by atoms with Crippen molar-refractivity contribution in [2.24, 2.45) is 11.8 Å². The molecule has 1 aliphatic carbocycles. The second-order valence-corrected chi connectivity index (χ2v) is 6.94. The summed E-state index contributed by atoms with van der Waals surface area (Å²) in [5.74, 6) is 2.57. The van der Waals surface area contributed by atoms with Gasteiger partial charge in [0.15, 0.2) is 0 Å². The van der Waals surface area contributed by atoms with Crippen molar-refractivity contribution in [3.05, 3.63) is 29.8 Å². The average Bonchev–Trinajstić information content (AvgIpc) is 3.32. The van der Waals surface area contributed by atoms with E-state index in [2.05, 4.69) is 42.3 Å². The van der Waals surface area contributed by atoms with Crippen molar-refractivity contribution in [3.63, 3.8) is 0 Å². The van der Waals surface area contributed by atoms with Crippen molar-refractivity contribution < 1.29 is 4.74 Å². The van der Waals surface area contributed by atoms with Crippen molar-refractivity contribution in [1.29, 1.82) is 0 Å². The van der Waals surface area contributed by atoms with Gasteiger partial charge in [0.2, 0.25) is 0 Å². The fraction of sp³-hybridized carbons (Fsp3) is 0.667. The third kappa shape index (κ3) is 3.58. The molecule has 0 bridgehead atoms. The van der Waals surface area contributed by atoms with Crippen LogP contribution in [0.5, 0.6) is 5.75 Å². The van der Waals surface area contributed by atoms with Crippen LogP contribution in [-0.2, 0) is 6.54 Å². The zero-order valence-corrected chi connectivity index (χ0v) is 13.5. The molecule has 1 heterocycles. The van der Waals surface area contributed by atoms with Gasteiger partial charge in [-0.15, -0.1) is 0 Å². The van der Waals surface area contributed by atoms with Crippen molar-refractivity contribution in [2.45, 2.75) is 45.3 Å². The van der Waals surface area contributed by atoms with E-state index in [1.54, 1.807) is 7.11 Å². The van der Waals surface area contributed by atoms with Crippen LogP contribution in [0, 0.1) is 11.8 Å². The summed E-state index contributed by atoms with van der Waals surface area (Å²) >= 11 is 0. The highest BCUT2D eigenvalue weighted by Crippen LogP contribution is 2.37. The quantitative estimate of drug-likeness (QED) is 0.901. The fourth-order valence-corrected chi connectivity index (χ4v) is 3.43. The van der Waals surface area contributed by atoms with E-state index in [0.29, 0.717) is 18.0 Å². The molecule has 2 fully saturated rings. The minimum Gasteiger partial charge on any atom is -0.497 e. The Hall–Kier alpha value is -1.06. The molecule has 3 nitrogen and oxygen atoms in total. The topological polar surface area (TPSA) is 24.5 Å². The predicted octanol–water partition coefficient (Wildman–Crippen LogP) is 2.90. The molecule has 1 aromatic carbocycles. The maximum Gasteiger partial charge on any atom is 0.119 e. The zero-order chi connectivity index (χ0) is 14.8. The van der Waals surface area contributed by atoms with Crippen LogP contribution in [0.1, 0.15) is 32.3 Å². The fourth-order valence-electron chi connectivity index (χ4n) is 3.43. The first-order valence-corrected chi connectivity index (χ1v) is 8.27. The summed E-state index contributed by atoms with van der Waals surface area (Å²) in [4.78, 5) is 2.70. The predicted molar refractivity (Wildman–Crippen MR) is 86.5 cm³/mol. The van der Waals surface area contributed by atoms with Gasteiger partial charge in [-0.3, -0.25) is 4.90 Å². The number of hydrogen-bond donors (Lipinski definition) is 1. The van der Waals surface area contributed by atoms with E-state index in [1.807, 2.05) is 6.07 Å². The van der Waals surface area contributed by atoms with E-state index in [0.717, 1.165) is 31.3 Å². The lowest BCUT2D eigenvalue weighted by atomic mass is 9.97. The molecule has 116 valence electrons. The van der Waals surface area contributed by atoms with Gasteiger partial charge in [0, 0.05) is 31.7 Å². The summed E-state index contributed by atoms with van der Waals surface area (Å²) < 4.78 is 5.36. The first-order chi connectivity index (χ1) is 10.2. The number of rotatable bonds is 5. The molecule has 0 aromatic heterocycles. The van der Waals surface area contributed by atoms with Gasteiger partial charge < -0.3 is 10.1 Å². The van der Waals surface area contributed by atoms with Crippen LogP contribution in [0.4, 0.5) is 0 Å². The molecule has 3 rings (SSSR count). The Kier molecular flexibility index (Phi) is 4.51. The van der Waals surface area contributed by atoms with E-state index in [1.165, 1.54) is 18.4 Å². The molecule has 21 heavy (non-hydrogen) atoms. The van der Waals surface area contributed by atoms with Crippen LogP contribution in [0.2, 0.25) is 0 Å². The Morgan fingerprint density at radius 2 is 2.14 bits per heavy atom. The molecule has 1 saturated carbocycles. The SMILES string of the molecule is COc1cccc(CN2CC(C(C)C)NCC2C2CC2)c1. The number of benzene rings is 1. The van der Waals surface area contributed by atoms with Crippen LogP contribution in [0.25, 0.3) is 0 Å². The minimum absolute atomic E-state index is 0.616. The average molecular weight is 288 g/mol. The molecule has 0 spiro atoms. The number of methoxy groups -OCH3 is 1. The van der Waals surface area contributed by atoms with E-state index >= 15 is 0 Å². The molecule has 0 amide bonds. The first-order valence-electron chi connectivity index (χ1n) is 8.27. The van der Waals surface area contributed by atoms with Crippen LogP contribution in [0.15, 0.2) is 24.3 Å². The van der Waals surface area contributed by atoms with Crippen molar-refractivity contribution in [2.75, 3.05) is 20.2 Å². The Morgan fingerprint density at radius 1 is 1.33 bits per heavy atom. The number of nitrogens with one attached hydrogen (secondary N) is 1. The molecule has 1 aromatic rings. The highest BCUT2D eigenvalue weighted by molar-refractivity contribution is 5.28. The highest BCUT2D eigenvalue weighted by Gasteiger charge is 2.39. The second kappa shape index (κ2) is 6.37. The Bertz CT molecular complexity index is 470. The number of piperazine rings is 1. The number of hydrogen-bond acceptors (Lipinski definition) is 3. The highest BCUT2D eigenvalue weighted by atomic mass is 16.5. The zero-order valence-electron chi connectivity index (χ0n) is 13.5. The molecular formula is C18H28N2O. The van der Waals surface area contributed by atoms with Crippen LogP contribution in [-0.4, -0.2) is 37.2 Å². The lowest BCUT2D eigenvalue weighted by Crippen LogP contribution is -2.58. The Labute approximate surface area is 128 Å². The summed E-state index contributed by atoms with van der Waals surface area (Å²) in [7, 11) is 1.74. The number of nitrogens with zero attached hydrogens (tertiary/aromatic N) is 1. The van der Waals surface area contributed by atoms with Crippen LogP contribution < -0.4 is 10.1 Å². The summed E-state index contributed by atoms with van der Waals surface area (Å²) in [6, 6.07) is 9.85.